The van der Waals surface area contributed by atoms with Gasteiger partial charge in [-0.25, -0.2) is 9.48 Å². The van der Waals surface area contributed by atoms with Gasteiger partial charge in [-0.1, -0.05) is 49.7 Å². The number of phenolic OH excluding ortho intramolecular Hbond substituents is 1. The molecule has 0 amide bonds. The van der Waals surface area contributed by atoms with Crippen molar-refractivity contribution >= 4 is 70.5 Å². The lowest BCUT2D eigenvalue weighted by molar-refractivity contribution is -0.169. The van der Waals surface area contributed by atoms with E-state index in [-0.39, 0.29) is 28.6 Å². The molecule has 0 spiro atoms. The molecule has 4 aromatic heterocycles. The van der Waals surface area contributed by atoms with E-state index in [1.807, 2.05) is 17.5 Å². The van der Waals surface area contributed by atoms with Crippen molar-refractivity contribution in [1.82, 2.24) is 30.2 Å². The highest BCUT2D eigenvalue weighted by atomic mass is 35.5. The van der Waals surface area contributed by atoms with Gasteiger partial charge >= 0.3 is 5.97 Å². The third kappa shape index (κ3) is 9.44. The molecule has 0 aliphatic heterocycles. The van der Waals surface area contributed by atoms with E-state index in [1.165, 1.54) is 45.4 Å². The normalized spacial score (nSPS) is 18.6. The predicted octanol–water partition coefficient (Wildman–Crippen LogP) is 9.21. The van der Waals surface area contributed by atoms with Crippen LogP contribution >= 0.6 is 34.3 Å². The summed E-state index contributed by atoms with van der Waals surface area (Å²) in [7, 11) is -0.0503. The Hall–Kier alpha value is -3.93. The van der Waals surface area contributed by atoms with Crippen LogP contribution in [-0.4, -0.2) is 81.7 Å². The third-order valence-corrected chi connectivity index (χ3v) is 20.4. The number of hydrogen-bond acceptors (Lipinski definition) is 12. The number of rotatable bonds is 16. The van der Waals surface area contributed by atoms with Crippen LogP contribution in [0.15, 0.2) is 64.8 Å². The number of carbonyl (C=O) groups is 1. The fourth-order valence-corrected chi connectivity index (χ4v) is 12.4. The van der Waals surface area contributed by atoms with Gasteiger partial charge in [-0.05, 0) is 147 Å². The maximum absolute atomic E-state index is 13.6. The Morgan fingerprint density at radius 1 is 1.08 bits per heavy atom. The number of esters is 1. The number of fused-ring (bicyclic) bond motifs is 4. The summed E-state index contributed by atoms with van der Waals surface area (Å²) in [6.07, 6.45) is 6.77. The zero-order valence-corrected chi connectivity index (χ0v) is 40.4. The van der Waals surface area contributed by atoms with E-state index in [2.05, 4.69) is 77.2 Å². The Bertz CT molecular complexity index is 2630. The quantitative estimate of drug-likeness (QED) is 0.0546. The van der Waals surface area contributed by atoms with Crippen molar-refractivity contribution in [2.75, 3.05) is 20.1 Å². The van der Waals surface area contributed by atoms with Crippen LogP contribution in [-0.2, 0) is 45.5 Å². The molecule has 12 nitrogen and oxygen atoms in total. The van der Waals surface area contributed by atoms with E-state index in [0.717, 1.165) is 86.4 Å². The first-order valence-electron chi connectivity index (χ1n) is 22.1. The van der Waals surface area contributed by atoms with Crippen molar-refractivity contribution in [2.45, 2.75) is 127 Å². The van der Waals surface area contributed by atoms with Gasteiger partial charge in [0.25, 0.3) is 0 Å². The summed E-state index contributed by atoms with van der Waals surface area (Å²) in [4.78, 5) is 32.0. The number of nitrogens with one attached hydrogen (secondary N) is 2. The van der Waals surface area contributed by atoms with Gasteiger partial charge in [0, 0.05) is 37.1 Å². The number of carbonyl (C=O) groups excluding carboxylic acids is 1. The number of nitrogens with zero attached hydrogens (tertiary/aromatic N) is 4. The molecule has 16 heteroatoms. The van der Waals surface area contributed by atoms with Gasteiger partial charge < -0.3 is 34.6 Å². The van der Waals surface area contributed by atoms with Gasteiger partial charge in [-0.2, -0.15) is 0 Å². The Labute approximate surface area is 382 Å². The molecule has 2 aliphatic carbocycles. The second-order valence-electron chi connectivity index (χ2n) is 18.8. The van der Waals surface area contributed by atoms with Gasteiger partial charge in [-0.15, -0.1) is 27.8 Å². The van der Waals surface area contributed by atoms with Crippen LogP contribution < -0.4 is 10.9 Å². The minimum Gasteiger partial charge on any atom is -0.506 e. The lowest BCUT2D eigenvalue weighted by Gasteiger charge is -2.39. The van der Waals surface area contributed by atoms with Gasteiger partial charge in [0.15, 0.2) is 8.32 Å². The van der Waals surface area contributed by atoms with E-state index < -0.39 is 19.9 Å². The Balaban J connectivity index is 0.885. The van der Waals surface area contributed by atoms with Gasteiger partial charge in [0.05, 0.1) is 31.2 Å². The van der Waals surface area contributed by atoms with E-state index in [9.17, 15) is 19.8 Å². The molecule has 0 radical (unpaired) electrons. The molecule has 2 aliphatic rings. The molecule has 6 aromatic rings. The maximum atomic E-state index is 13.6. The average Bonchev–Trinajstić information content (AvgIpc) is 4.09. The van der Waals surface area contributed by atoms with E-state index in [0.29, 0.717) is 38.7 Å². The van der Waals surface area contributed by atoms with Crippen molar-refractivity contribution in [1.29, 1.82) is 0 Å². The monoisotopic (exact) mass is 930 g/mol. The van der Waals surface area contributed by atoms with Crippen molar-refractivity contribution < 1.29 is 24.2 Å². The molecule has 1 saturated carbocycles. The smallest absolute Gasteiger partial charge is 0.349 e. The van der Waals surface area contributed by atoms with Crippen LogP contribution in [0.5, 0.6) is 5.75 Å². The minimum atomic E-state index is -2.23. The second kappa shape index (κ2) is 18.5. The number of halogens is 1. The molecule has 4 heterocycles. The average molecular weight is 932 g/mol. The highest BCUT2D eigenvalue weighted by Gasteiger charge is 2.45. The number of aryl methyl sites for hydroxylation is 2. The van der Waals surface area contributed by atoms with Crippen LogP contribution in [0.3, 0.4) is 0 Å². The summed E-state index contributed by atoms with van der Waals surface area (Å²) in [5.41, 5.74) is 5.26. The molecular weight excluding hydrogens is 872 g/mol. The van der Waals surface area contributed by atoms with Crippen LogP contribution in [0.4, 0.5) is 0 Å². The topological polar surface area (TPSA) is 155 Å². The van der Waals surface area contributed by atoms with E-state index in [4.69, 9.17) is 20.8 Å². The highest BCUT2D eigenvalue weighted by molar-refractivity contribution is 7.16. The molecule has 336 valence electrons. The summed E-state index contributed by atoms with van der Waals surface area (Å²) in [5, 5.41) is 38.1. The summed E-state index contributed by atoms with van der Waals surface area (Å²) < 4.78 is 15.7. The fraction of sp³-hybridized carbons (Fsp3) is 0.489. The number of phenols is 1. The van der Waals surface area contributed by atoms with Crippen LogP contribution in [0.25, 0.3) is 21.9 Å². The van der Waals surface area contributed by atoms with Crippen LogP contribution in [0.1, 0.15) is 97.4 Å². The molecule has 63 heavy (non-hydrogen) atoms. The molecule has 1 fully saturated rings. The first-order chi connectivity index (χ1) is 30.0. The van der Waals surface area contributed by atoms with Crippen molar-refractivity contribution in [3.8, 4) is 5.75 Å². The van der Waals surface area contributed by atoms with Crippen molar-refractivity contribution in [2.24, 2.45) is 0 Å². The van der Waals surface area contributed by atoms with Gasteiger partial charge in [0.2, 0.25) is 11.2 Å². The van der Waals surface area contributed by atoms with E-state index in [1.54, 1.807) is 30.3 Å². The standard InChI is InChI=1S/C47H59ClN6O6S2Si/c1-46(2,3)63(5,6)60-38(33-17-19-37(55)43-34(33)18-22-42(56)50-43)28-49-27-29-26-36-44(35-11-7-10-32(29)35)54(52-51-36)24-9-23-53(4)30-13-15-31(16-14-30)59-45(57)47(58,39-12-8-25-61-39)40-20-21-41(48)62-40/h8,12,17-22,25-26,30-31,38,49,55,58H,7,9-11,13-16,23-24,27-28H2,1-6H3,(H,50,56)/t30?,31?,38?,47-/m1/s1. The van der Waals surface area contributed by atoms with Crippen molar-refractivity contribution in [3.05, 3.63) is 107 Å². The zero-order chi connectivity index (χ0) is 44.7. The summed E-state index contributed by atoms with van der Waals surface area (Å²) in [5.74, 6) is -0.604. The Kier molecular flexibility index (Phi) is 13.4. The Morgan fingerprint density at radius 3 is 2.57 bits per heavy atom. The fourth-order valence-electron chi connectivity index (χ4n) is 9.09. The number of thiophene rings is 2. The first-order valence-corrected chi connectivity index (χ1v) is 27.1. The lowest BCUT2D eigenvalue weighted by Crippen LogP contribution is -2.43. The molecular formula is C47H59ClN6O6S2Si. The number of aromatic hydroxyl groups is 1. The molecule has 0 saturated heterocycles. The molecule has 2 atom stereocenters. The van der Waals surface area contributed by atoms with Gasteiger partial charge in [-0.3, -0.25) is 4.79 Å². The summed E-state index contributed by atoms with van der Waals surface area (Å²) in [6.45, 7) is 14.1. The van der Waals surface area contributed by atoms with Crippen LogP contribution in [0.2, 0.25) is 22.5 Å². The molecule has 4 N–H and O–H groups in total. The number of H-pyrrole nitrogens is 1. The predicted molar refractivity (Wildman–Crippen MR) is 255 cm³/mol. The number of ether oxygens (including phenoxy) is 1. The SMILES string of the molecule is CN(CCCn1nnc2cc(CNCC(O[Si](C)(C)C(C)(C)C)c3ccc(O)c4[nH]c(=O)ccc34)c3c(c21)CCC3)C1CCC(OC(=O)[C@@](O)(c2cccs2)c2ccc(Cl)s2)CC1. The number of benzene rings is 2. The molecule has 2 aromatic carbocycles. The Morgan fingerprint density at radius 2 is 1.86 bits per heavy atom. The highest BCUT2D eigenvalue weighted by Crippen LogP contribution is 2.43. The van der Waals surface area contributed by atoms with Crippen LogP contribution in [0, 0.1) is 0 Å². The number of aromatic amines is 1. The number of aromatic nitrogens is 4. The lowest BCUT2D eigenvalue weighted by atomic mass is 9.91. The third-order valence-electron chi connectivity index (χ3n) is 13.6. The van der Waals surface area contributed by atoms with E-state index >= 15 is 0 Å². The van der Waals surface area contributed by atoms with Crippen molar-refractivity contribution in [3.63, 3.8) is 0 Å². The maximum Gasteiger partial charge on any atom is 0.349 e. The number of aliphatic hydroxyl groups is 1. The number of pyridine rings is 1. The largest absolute Gasteiger partial charge is 0.506 e. The molecule has 0 bridgehead atoms. The van der Waals surface area contributed by atoms with Gasteiger partial charge in [0.1, 0.15) is 17.4 Å². The second-order valence-corrected chi connectivity index (χ2v) is 26.2. The summed E-state index contributed by atoms with van der Waals surface area (Å²) >= 11 is 8.72. The molecule has 8 rings (SSSR count). The molecule has 1 unspecified atom stereocenters. The summed E-state index contributed by atoms with van der Waals surface area (Å²) in [6, 6.07) is 16.4. The number of hydrogen-bond donors (Lipinski definition) is 4. The zero-order valence-electron chi connectivity index (χ0n) is 37.0. The minimum absolute atomic E-state index is 0.0152. The first kappa shape index (κ1) is 45.6.